The quantitative estimate of drug-likeness (QED) is 0.411. The highest BCUT2D eigenvalue weighted by atomic mass is 32.2. The first-order valence-electron chi connectivity index (χ1n) is 7.08. The molecule has 0 amide bonds. The number of para-hydroxylation sites is 1. The number of hydrogen-bond donors (Lipinski definition) is 0. The Labute approximate surface area is 133 Å². The van der Waals surface area contributed by atoms with Gasteiger partial charge in [0.25, 0.3) is 0 Å². The third-order valence-electron chi connectivity index (χ3n) is 3.54. The fourth-order valence-corrected chi connectivity index (χ4v) is 3.22. The predicted molar refractivity (Wildman–Crippen MR) is 90.5 cm³/mol. The van der Waals surface area contributed by atoms with E-state index in [1.54, 1.807) is 6.33 Å². The lowest BCUT2D eigenvalue weighted by Crippen LogP contribution is -2.05. The van der Waals surface area contributed by atoms with E-state index in [0.717, 1.165) is 32.6 Å². The van der Waals surface area contributed by atoms with Gasteiger partial charge in [0, 0.05) is 10.9 Å². The molecule has 0 aliphatic carbocycles. The van der Waals surface area contributed by atoms with Crippen LogP contribution in [0.2, 0.25) is 0 Å². The predicted octanol–water partition coefficient (Wildman–Crippen LogP) is 4.22. The third-order valence-corrected chi connectivity index (χ3v) is 4.55. The van der Waals surface area contributed by atoms with Gasteiger partial charge in [-0.15, -0.1) is 0 Å². The summed E-state index contributed by atoms with van der Waals surface area (Å²) < 4.78 is 0. The van der Waals surface area contributed by atoms with E-state index >= 15 is 0 Å². The Balaban J connectivity index is 1.82. The number of fused-ring (bicyclic) bond motifs is 1. The Hall–Kier alpha value is -2.20. The van der Waals surface area contributed by atoms with Gasteiger partial charge in [0.2, 0.25) is 0 Å². The van der Waals surface area contributed by atoms with Crippen LogP contribution < -0.4 is 0 Å². The maximum absolute atomic E-state index is 12.5. The third kappa shape index (κ3) is 3.02. The lowest BCUT2D eigenvalue weighted by molar-refractivity contribution is 0.102. The second kappa shape index (κ2) is 6.28. The van der Waals surface area contributed by atoms with Gasteiger partial charge in [-0.1, -0.05) is 47.7 Å². The lowest BCUT2D eigenvalue weighted by atomic mass is 10.0. The van der Waals surface area contributed by atoms with Gasteiger partial charge in [0.05, 0.1) is 11.3 Å². The molecule has 0 spiro atoms. The molecule has 0 fully saturated rings. The molecule has 1 aromatic heterocycles. The number of hydrogen-bond acceptors (Lipinski definition) is 4. The van der Waals surface area contributed by atoms with Crippen LogP contribution in [0, 0.1) is 13.8 Å². The van der Waals surface area contributed by atoms with E-state index in [2.05, 4.69) is 9.97 Å². The number of ketones is 1. The van der Waals surface area contributed by atoms with E-state index in [1.165, 1.54) is 11.8 Å². The smallest absolute Gasteiger partial charge is 0.173 e. The number of rotatable bonds is 4. The van der Waals surface area contributed by atoms with Crippen molar-refractivity contribution in [1.29, 1.82) is 0 Å². The molecular formula is C18H16N2OS. The number of aryl methyl sites for hydroxylation is 2. The van der Waals surface area contributed by atoms with Crippen LogP contribution in [0.5, 0.6) is 0 Å². The molecule has 1 heterocycles. The Morgan fingerprint density at radius 2 is 1.91 bits per heavy atom. The van der Waals surface area contributed by atoms with Gasteiger partial charge in [-0.05, 0) is 31.5 Å². The first-order chi connectivity index (χ1) is 10.6. The number of thioether (sulfide) groups is 1. The largest absolute Gasteiger partial charge is 0.293 e. The van der Waals surface area contributed by atoms with Crippen LogP contribution in [0.15, 0.2) is 53.8 Å². The van der Waals surface area contributed by atoms with E-state index in [-0.39, 0.29) is 5.78 Å². The summed E-state index contributed by atoms with van der Waals surface area (Å²) in [5.74, 6) is 0.513. The summed E-state index contributed by atoms with van der Waals surface area (Å²) in [7, 11) is 0. The highest BCUT2D eigenvalue weighted by Gasteiger charge is 2.12. The zero-order valence-corrected chi connectivity index (χ0v) is 13.4. The average Bonchev–Trinajstić information content (AvgIpc) is 2.54. The summed E-state index contributed by atoms with van der Waals surface area (Å²) in [4.78, 5) is 21.0. The van der Waals surface area contributed by atoms with Gasteiger partial charge in [0.1, 0.15) is 11.4 Å². The maximum Gasteiger partial charge on any atom is 0.173 e. The number of Topliss-reactive ketones (excluding diaryl/α,β-unsaturated/α-hetero) is 1. The molecule has 0 aliphatic rings. The van der Waals surface area contributed by atoms with Crippen molar-refractivity contribution < 1.29 is 4.79 Å². The Morgan fingerprint density at radius 3 is 2.77 bits per heavy atom. The van der Waals surface area contributed by atoms with Gasteiger partial charge < -0.3 is 0 Å². The van der Waals surface area contributed by atoms with Crippen molar-refractivity contribution in [2.75, 3.05) is 5.75 Å². The molecule has 0 saturated heterocycles. The Bertz CT molecular complexity index is 840. The SMILES string of the molecule is Cc1ccc(C)c(C(=O)CSc2ncnc3ccccc23)c1. The molecule has 0 radical (unpaired) electrons. The van der Waals surface area contributed by atoms with Crippen molar-refractivity contribution in [2.45, 2.75) is 18.9 Å². The number of benzene rings is 2. The summed E-state index contributed by atoms with van der Waals surface area (Å²) in [6, 6.07) is 13.8. The molecule has 110 valence electrons. The van der Waals surface area contributed by atoms with E-state index < -0.39 is 0 Å². The second-order valence-corrected chi connectivity index (χ2v) is 6.19. The van der Waals surface area contributed by atoms with Crippen LogP contribution >= 0.6 is 11.8 Å². The average molecular weight is 308 g/mol. The minimum Gasteiger partial charge on any atom is -0.293 e. The summed E-state index contributed by atoms with van der Waals surface area (Å²) in [5.41, 5.74) is 3.82. The molecule has 4 heteroatoms. The van der Waals surface area contributed by atoms with Crippen LogP contribution in [-0.2, 0) is 0 Å². The van der Waals surface area contributed by atoms with Crippen molar-refractivity contribution >= 4 is 28.4 Å². The molecule has 0 saturated carbocycles. The van der Waals surface area contributed by atoms with Crippen LogP contribution in [0.25, 0.3) is 10.9 Å². The number of nitrogens with zero attached hydrogens (tertiary/aromatic N) is 2. The zero-order chi connectivity index (χ0) is 15.5. The summed E-state index contributed by atoms with van der Waals surface area (Å²) in [6.45, 7) is 3.97. The van der Waals surface area contributed by atoms with E-state index in [9.17, 15) is 4.79 Å². The van der Waals surface area contributed by atoms with Crippen LogP contribution in [0.1, 0.15) is 21.5 Å². The topological polar surface area (TPSA) is 42.9 Å². The van der Waals surface area contributed by atoms with E-state index in [1.807, 2.05) is 56.3 Å². The van der Waals surface area contributed by atoms with Gasteiger partial charge in [-0.3, -0.25) is 4.79 Å². The molecule has 2 aromatic carbocycles. The first kappa shape index (κ1) is 14.7. The molecule has 0 bridgehead atoms. The molecule has 3 aromatic rings. The van der Waals surface area contributed by atoms with Crippen molar-refractivity contribution in [2.24, 2.45) is 0 Å². The summed E-state index contributed by atoms with van der Waals surface area (Å²) >= 11 is 1.47. The molecule has 0 atom stereocenters. The highest BCUT2D eigenvalue weighted by molar-refractivity contribution is 8.00. The monoisotopic (exact) mass is 308 g/mol. The van der Waals surface area contributed by atoms with Crippen molar-refractivity contribution in [1.82, 2.24) is 9.97 Å². The Morgan fingerprint density at radius 1 is 1.09 bits per heavy atom. The molecular weight excluding hydrogens is 292 g/mol. The molecule has 0 unspecified atom stereocenters. The minimum atomic E-state index is 0.133. The number of carbonyl (C=O) groups excluding carboxylic acids is 1. The van der Waals surface area contributed by atoms with Gasteiger partial charge in [0.15, 0.2) is 5.78 Å². The minimum absolute atomic E-state index is 0.133. The summed E-state index contributed by atoms with van der Waals surface area (Å²) in [6.07, 6.45) is 1.55. The van der Waals surface area contributed by atoms with Gasteiger partial charge in [-0.2, -0.15) is 0 Å². The standard InChI is InChI=1S/C18H16N2OS/c1-12-7-8-13(2)15(9-12)17(21)10-22-18-14-5-3-4-6-16(14)19-11-20-18/h3-9,11H,10H2,1-2H3. The van der Waals surface area contributed by atoms with Gasteiger partial charge in [-0.25, -0.2) is 9.97 Å². The normalized spacial score (nSPS) is 10.8. The maximum atomic E-state index is 12.5. The number of carbonyl (C=O) groups is 1. The number of aromatic nitrogens is 2. The molecule has 0 aliphatic heterocycles. The van der Waals surface area contributed by atoms with E-state index in [0.29, 0.717) is 5.75 Å². The lowest BCUT2D eigenvalue weighted by Gasteiger charge is -2.07. The fraction of sp³-hybridized carbons (Fsp3) is 0.167. The Kier molecular flexibility index (Phi) is 4.20. The van der Waals surface area contributed by atoms with Crippen LogP contribution in [0.4, 0.5) is 0 Å². The van der Waals surface area contributed by atoms with Crippen LogP contribution in [-0.4, -0.2) is 21.5 Å². The molecule has 3 rings (SSSR count). The second-order valence-electron chi connectivity index (χ2n) is 5.23. The molecule has 3 nitrogen and oxygen atoms in total. The van der Waals surface area contributed by atoms with Crippen molar-refractivity contribution in [3.05, 3.63) is 65.5 Å². The molecule has 0 N–H and O–H groups in total. The van der Waals surface area contributed by atoms with Gasteiger partial charge >= 0.3 is 0 Å². The first-order valence-corrected chi connectivity index (χ1v) is 8.07. The fourth-order valence-electron chi connectivity index (χ4n) is 2.34. The summed E-state index contributed by atoms with van der Waals surface area (Å²) in [5, 5.41) is 1.84. The van der Waals surface area contributed by atoms with E-state index in [4.69, 9.17) is 0 Å². The zero-order valence-electron chi connectivity index (χ0n) is 12.5. The van der Waals surface area contributed by atoms with Crippen LogP contribution in [0.3, 0.4) is 0 Å². The van der Waals surface area contributed by atoms with Crippen molar-refractivity contribution in [3.63, 3.8) is 0 Å². The highest BCUT2D eigenvalue weighted by Crippen LogP contribution is 2.25. The van der Waals surface area contributed by atoms with Crippen molar-refractivity contribution in [3.8, 4) is 0 Å². The molecule has 22 heavy (non-hydrogen) atoms.